The van der Waals surface area contributed by atoms with E-state index in [9.17, 15) is 5.11 Å². The molecule has 0 saturated heterocycles. The molecule has 1 aliphatic rings. The van der Waals surface area contributed by atoms with E-state index in [1.54, 1.807) is 11.8 Å². The number of thioether (sulfide) groups is 1. The molecule has 1 aromatic rings. The summed E-state index contributed by atoms with van der Waals surface area (Å²) in [7, 11) is 0. The molecule has 1 fully saturated rings. The lowest BCUT2D eigenvalue weighted by Crippen LogP contribution is -2.27. The first-order chi connectivity index (χ1) is 8.79. The summed E-state index contributed by atoms with van der Waals surface area (Å²) in [6.07, 6.45) is 6.24. The second kappa shape index (κ2) is 7.20. The molecule has 1 nitrogen and oxygen atoms in total. The summed E-state index contributed by atoms with van der Waals surface area (Å²) in [5.41, 5.74) is 0. The maximum atomic E-state index is 10.3. The van der Waals surface area contributed by atoms with Crippen LogP contribution in [-0.2, 0) is 0 Å². The summed E-state index contributed by atoms with van der Waals surface area (Å²) >= 11 is 1.78. The monoisotopic (exact) mass is 264 g/mol. The van der Waals surface area contributed by atoms with Crippen molar-refractivity contribution in [3.05, 3.63) is 30.3 Å². The minimum Gasteiger partial charge on any atom is -0.392 e. The fraction of sp³-hybridized carbons (Fsp3) is 0.625. The number of benzene rings is 1. The molecule has 0 radical (unpaired) electrons. The van der Waals surface area contributed by atoms with Crippen LogP contribution in [0.25, 0.3) is 0 Å². The van der Waals surface area contributed by atoms with Crippen molar-refractivity contribution in [2.75, 3.05) is 5.75 Å². The van der Waals surface area contributed by atoms with Crippen molar-refractivity contribution in [1.82, 2.24) is 0 Å². The number of hydrogen-bond donors (Lipinski definition) is 1. The second-order valence-electron chi connectivity index (χ2n) is 5.38. The zero-order valence-corrected chi connectivity index (χ0v) is 12.0. The van der Waals surface area contributed by atoms with Crippen molar-refractivity contribution < 1.29 is 5.11 Å². The van der Waals surface area contributed by atoms with Crippen LogP contribution in [-0.4, -0.2) is 17.0 Å². The maximum absolute atomic E-state index is 10.3. The number of rotatable bonds is 5. The summed E-state index contributed by atoms with van der Waals surface area (Å²) < 4.78 is 0. The predicted molar refractivity (Wildman–Crippen MR) is 78.9 cm³/mol. The van der Waals surface area contributed by atoms with Gasteiger partial charge in [-0.05, 0) is 36.8 Å². The third-order valence-electron chi connectivity index (χ3n) is 4.18. The Kier molecular flexibility index (Phi) is 5.58. The van der Waals surface area contributed by atoms with Gasteiger partial charge in [-0.1, -0.05) is 44.4 Å². The maximum Gasteiger partial charge on any atom is 0.0662 e. The minimum absolute atomic E-state index is 0.131. The van der Waals surface area contributed by atoms with Gasteiger partial charge < -0.3 is 5.11 Å². The van der Waals surface area contributed by atoms with Gasteiger partial charge in [0.05, 0.1) is 6.10 Å². The summed E-state index contributed by atoms with van der Waals surface area (Å²) in [5, 5.41) is 10.3. The molecular weight excluding hydrogens is 240 g/mol. The summed E-state index contributed by atoms with van der Waals surface area (Å²) in [6, 6.07) is 10.4. The molecule has 100 valence electrons. The lowest BCUT2D eigenvalue weighted by Gasteiger charge is -2.30. The van der Waals surface area contributed by atoms with Gasteiger partial charge in [0.15, 0.2) is 0 Å². The van der Waals surface area contributed by atoms with Gasteiger partial charge in [0.25, 0.3) is 0 Å². The SMILES string of the molecule is CCC1CCC(C(O)CSc2ccccc2)CC1. The first-order valence-electron chi connectivity index (χ1n) is 7.15. The molecule has 2 rings (SSSR count). The fourth-order valence-electron chi connectivity index (χ4n) is 2.82. The van der Waals surface area contributed by atoms with Gasteiger partial charge in [-0.15, -0.1) is 11.8 Å². The molecule has 1 atom stereocenters. The van der Waals surface area contributed by atoms with E-state index >= 15 is 0 Å². The summed E-state index contributed by atoms with van der Waals surface area (Å²) in [4.78, 5) is 1.26. The van der Waals surface area contributed by atoms with Crippen LogP contribution >= 0.6 is 11.8 Å². The van der Waals surface area contributed by atoms with Gasteiger partial charge in [-0.3, -0.25) is 0 Å². The molecule has 0 amide bonds. The molecule has 1 aromatic carbocycles. The zero-order chi connectivity index (χ0) is 12.8. The zero-order valence-electron chi connectivity index (χ0n) is 11.2. The van der Waals surface area contributed by atoms with Crippen molar-refractivity contribution >= 4 is 11.8 Å². The average molecular weight is 264 g/mol. The lowest BCUT2D eigenvalue weighted by atomic mass is 9.79. The van der Waals surface area contributed by atoms with Crippen LogP contribution in [0.2, 0.25) is 0 Å². The van der Waals surface area contributed by atoms with Crippen molar-refractivity contribution in [3.63, 3.8) is 0 Å². The largest absolute Gasteiger partial charge is 0.392 e. The fourth-order valence-corrected chi connectivity index (χ4v) is 3.80. The van der Waals surface area contributed by atoms with Crippen LogP contribution < -0.4 is 0 Å². The highest BCUT2D eigenvalue weighted by molar-refractivity contribution is 7.99. The van der Waals surface area contributed by atoms with Crippen molar-refractivity contribution in [2.24, 2.45) is 11.8 Å². The van der Waals surface area contributed by atoms with Gasteiger partial charge >= 0.3 is 0 Å². The van der Waals surface area contributed by atoms with Gasteiger partial charge in [0.2, 0.25) is 0 Å². The van der Waals surface area contributed by atoms with E-state index in [0.29, 0.717) is 5.92 Å². The first-order valence-corrected chi connectivity index (χ1v) is 8.14. The minimum atomic E-state index is -0.131. The van der Waals surface area contributed by atoms with Gasteiger partial charge in [0.1, 0.15) is 0 Å². The summed E-state index contributed by atoms with van der Waals surface area (Å²) in [6.45, 7) is 2.28. The Morgan fingerprint density at radius 3 is 2.44 bits per heavy atom. The molecule has 0 spiro atoms. The Morgan fingerprint density at radius 2 is 1.83 bits per heavy atom. The highest BCUT2D eigenvalue weighted by Crippen LogP contribution is 2.34. The highest BCUT2D eigenvalue weighted by atomic mass is 32.2. The van der Waals surface area contributed by atoms with Gasteiger partial charge in [-0.2, -0.15) is 0 Å². The Bertz CT molecular complexity index is 330. The molecule has 1 aliphatic carbocycles. The Hall–Kier alpha value is -0.470. The number of aliphatic hydroxyl groups excluding tert-OH is 1. The lowest BCUT2D eigenvalue weighted by molar-refractivity contribution is 0.0916. The molecule has 0 aliphatic heterocycles. The Morgan fingerprint density at radius 1 is 1.17 bits per heavy atom. The number of hydrogen-bond acceptors (Lipinski definition) is 2. The van der Waals surface area contributed by atoms with Crippen LogP contribution in [0.15, 0.2) is 35.2 Å². The van der Waals surface area contributed by atoms with E-state index in [4.69, 9.17) is 0 Å². The van der Waals surface area contributed by atoms with E-state index < -0.39 is 0 Å². The first kappa shape index (κ1) is 14.0. The third kappa shape index (κ3) is 4.03. The van der Waals surface area contributed by atoms with Gasteiger partial charge in [0, 0.05) is 10.6 Å². The van der Waals surface area contributed by atoms with Crippen LogP contribution in [0, 0.1) is 11.8 Å². The van der Waals surface area contributed by atoms with Crippen molar-refractivity contribution in [1.29, 1.82) is 0 Å². The van der Waals surface area contributed by atoms with E-state index in [-0.39, 0.29) is 6.10 Å². The topological polar surface area (TPSA) is 20.2 Å². The molecule has 1 saturated carbocycles. The van der Waals surface area contributed by atoms with Crippen LogP contribution in [0.4, 0.5) is 0 Å². The van der Waals surface area contributed by atoms with E-state index in [0.717, 1.165) is 11.7 Å². The molecule has 0 aromatic heterocycles. The quantitative estimate of drug-likeness (QED) is 0.798. The molecule has 0 bridgehead atoms. The average Bonchev–Trinajstić information content (AvgIpc) is 2.46. The summed E-state index contributed by atoms with van der Waals surface area (Å²) in [5.74, 6) is 2.28. The van der Waals surface area contributed by atoms with Crippen molar-refractivity contribution in [2.45, 2.75) is 50.0 Å². The van der Waals surface area contributed by atoms with Crippen LogP contribution in [0.3, 0.4) is 0 Å². The van der Waals surface area contributed by atoms with Crippen molar-refractivity contribution in [3.8, 4) is 0 Å². The molecular formula is C16H24OS. The molecule has 18 heavy (non-hydrogen) atoms. The standard InChI is InChI=1S/C16H24OS/c1-2-13-8-10-14(11-9-13)16(17)12-18-15-6-4-3-5-7-15/h3-7,13-14,16-17H,2,8-12H2,1H3. The van der Waals surface area contributed by atoms with E-state index in [1.807, 2.05) is 6.07 Å². The number of aliphatic hydroxyl groups is 1. The normalized spacial score (nSPS) is 25.9. The van der Waals surface area contributed by atoms with Crippen LogP contribution in [0.1, 0.15) is 39.0 Å². The molecule has 1 N–H and O–H groups in total. The second-order valence-corrected chi connectivity index (χ2v) is 6.47. The van der Waals surface area contributed by atoms with Crippen LogP contribution in [0.5, 0.6) is 0 Å². The van der Waals surface area contributed by atoms with E-state index in [2.05, 4.69) is 31.2 Å². The Balaban J connectivity index is 1.73. The molecule has 2 heteroatoms. The molecule has 0 heterocycles. The third-order valence-corrected chi connectivity index (χ3v) is 5.29. The molecule has 1 unspecified atom stereocenters. The van der Waals surface area contributed by atoms with Gasteiger partial charge in [-0.25, -0.2) is 0 Å². The Labute approximate surface area is 115 Å². The smallest absolute Gasteiger partial charge is 0.0662 e. The highest BCUT2D eigenvalue weighted by Gasteiger charge is 2.25. The predicted octanol–water partition coefficient (Wildman–Crippen LogP) is 4.36. The van der Waals surface area contributed by atoms with E-state index in [1.165, 1.54) is 37.0 Å².